The molecule has 2 aromatic rings. The second-order valence-electron chi connectivity index (χ2n) is 6.54. The number of nitrogens with zero attached hydrogens (tertiary/aromatic N) is 1. The lowest BCUT2D eigenvalue weighted by molar-refractivity contribution is -0.705. The molecule has 2 atom stereocenters. The Kier molecular flexibility index (Phi) is 6.20. The zero-order chi connectivity index (χ0) is 20.1. The summed E-state index contributed by atoms with van der Waals surface area (Å²) in [5, 5.41) is 4.49. The molecule has 3 rings (SSSR count). The van der Waals surface area contributed by atoms with E-state index < -0.39 is 12.7 Å². The Morgan fingerprint density at radius 1 is 1.11 bits per heavy atom. The molecule has 1 saturated heterocycles. The third-order valence-corrected chi connectivity index (χ3v) is 4.62. The van der Waals surface area contributed by atoms with Gasteiger partial charge in [-0.2, -0.15) is 8.78 Å². The first-order valence-electron chi connectivity index (χ1n) is 8.99. The first kappa shape index (κ1) is 19.8. The number of halogens is 2. The highest BCUT2D eigenvalue weighted by Gasteiger charge is 2.33. The fourth-order valence-corrected chi connectivity index (χ4v) is 3.23. The van der Waals surface area contributed by atoms with E-state index in [4.69, 9.17) is 0 Å². The first-order chi connectivity index (χ1) is 13.5. The summed E-state index contributed by atoms with van der Waals surface area (Å²) in [6, 6.07) is 14.8. The second-order valence-corrected chi connectivity index (χ2v) is 6.54. The zero-order valence-electron chi connectivity index (χ0n) is 15.3. The van der Waals surface area contributed by atoms with E-state index in [9.17, 15) is 18.4 Å². The number of imide groups is 1. The van der Waals surface area contributed by atoms with Gasteiger partial charge < -0.3 is 15.4 Å². The minimum Gasteiger partial charge on any atom is -0.435 e. The average Bonchev–Trinajstić information content (AvgIpc) is 3.12. The SMILES string of the molecule is C[C@@H]([NH2+][C@@H](c1ccccc1)c1ccc(OC(F)F)cc1)C(=O)N1CCNC1=O. The number of carbonyl (C=O) groups is 2. The maximum atomic E-state index is 12.7. The van der Waals surface area contributed by atoms with Gasteiger partial charge in [0.2, 0.25) is 0 Å². The van der Waals surface area contributed by atoms with E-state index in [0.717, 1.165) is 11.1 Å². The van der Waals surface area contributed by atoms with Crippen molar-refractivity contribution in [3.8, 4) is 5.75 Å². The predicted molar refractivity (Wildman–Crippen MR) is 97.9 cm³/mol. The van der Waals surface area contributed by atoms with Crippen LogP contribution in [-0.4, -0.2) is 42.6 Å². The summed E-state index contributed by atoms with van der Waals surface area (Å²) < 4.78 is 29.2. The molecule has 28 heavy (non-hydrogen) atoms. The number of quaternary nitrogens is 1. The topological polar surface area (TPSA) is 75.2 Å². The molecule has 8 heteroatoms. The van der Waals surface area contributed by atoms with E-state index in [-0.39, 0.29) is 23.7 Å². The van der Waals surface area contributed by atoms with Crippen LogP contribution in [0.2, 0.25) is 0 Å². The normalized spacial score (nSPS) is 16.0. The number of carbonyl (C=O) groups excluding carboxylic acids is 2. The molecule has 0 aliphatic carbocycles. The van der Waals surface area contributed by atoms with Crippen molar-refractivity contribution >= 4 is 11.9 Å². The largest absolute Gasteiger partial charge is 0.435 e. The summed E-state index contributed by atoms with van der Waals surface area (Å²) >= 11 is 0. The predicted octanol–water partition coefficient (Wildman–Crippen LogP) is 1.88. The highest BCUT2D eigenvalue weighted by atomic mass is 19.3. The molecule has 0 unspecified atom stereocenters. The monoisotopic (exact) mass is 390 g/mol. The standard InChI is InChI=1S/C20H21F2N3O3/c1-13(18(26)25-12-11-23-20(25)27)24-17(14-5-3-2-4-6-14)15-7-9-16(10-8-15)28-19(21)22/h2-10,13,17,19,24H,11-12H2,1H3,(H,23,27)/p+1/t13-,17+/m1/s1. The molecule has 0 bridgehead atoms. The summed E-state index contributed by atoms with van der Waals surface area (Å²) in [5.41, 5.74) is 1.79. The molecule has 3 N–H and O–H groups in total. The van der Waals surface area contributed by atoms with Gasteiger partial charge in [0.05, 0.1) is 0 Å². The number of ether oxygens (including phenoxy) is 1. The Balaban J connectivity index is 1.81. The molecular weight excluding hydrogens is 368 g/mol. The van der Waals surface area contributed by atoms with Gasteiger partial charge in [-0.05, 0) is 31.2 Å². The molecule has 0 radical (unpaired) electrons. The fourth-order valence-electron chi connectivity index (χ4n) is 3.23. The number of benzene rings is 2. The maximum absolute atomic E-state index is 12.7. The van der Waals surface area contributed by atoms with E-state index in [1.54, 1.807) is 19.1 Å². The third kappa shape index (κ3) is 4.64. The summed E-state index contributed by atoms with van der Waals surface area (Å²) in [7, 11) is 0. The van der Waals surface area contributed by atoms with Crippen molar-refractivity contribution in [1.82, 2.24) is 10.2 Å². The van der Waals surface area contributed by atoms with Gasteiger partial charge in [0.1, 0.15) is 11.8 Å². The van der Waals surface area contributed by atoms with Crippen LogP contribution >= 0.6 is 0 Å². The lowest BCUT2D eigenvalue weighted by Gasteiger charge is -2.23. The number of rotatable bonds is 7. The summed E-state index contributed by atoms with van der Waals surface area (Å²) in [6.07, 6.45) is 0. The van der Waals surface area contributed by atoms with E-state index in [1.807, 2.05) is 35.6 Å². The van der Waals surface area contributed by atoms with Crippen LogP contribution in [0.1, 0.15) is 24.1 Å². The number of hydrogen-bond acceptors (Lipinski definition) is 3. The van der Waals surface area contributed by atoms with Crippen molar-refractivity contribution in [2.75, 3.05) is 13.1 Å². The van der Waals surface area contributed by atoms with Crippen molar-refractivity contribution < 1.29 is 28.4 Å². The van der Waals surface area contributed by atoms with Crippen molar-refractivity contribution in [3.05, 3.63) is 65.7 Å². The minimum atomic E-state index is -2.88. The van der Waals surface area contributed by atoms with Crippen molar-refractivity contribution in [1.29, 1.82) is 0 Å². The Bertz CT molecular complexity index is 815. The van der Waals surface area contributed by atoms with Gasteiger partial charge in [-0.1, -0.05) is 30.3 Å². The van der Waals surface area contributed by atoms with Gasteiger partial charge in [0.15, 0.2) is 6.04 Å². The molecule has 148 valence electrons. The molecule has 0 spiro atoms. The summed E-state index contributed by atoms with van der Waals surface area (Å²) in [6.45, 7) is -0.333. The van der Waals surface area contributed by atoms with Crippen LogP contribution in [-0.2, 0) is 4.79 Å². The summed E-state index contributed by atoms with van der Waals surface area (Å²) in [4.78, 5) is 25.6. The first-order valence-corrected chi connectivity index (χ1v) is 8.99. The number of alkyl halides is 2. The van der Waals surface area contributed by atoms with Crippen LogP contribution in [0.4, 0.5) is 13.6 Å². The number of urea groups is 1. The second kappa shape index (κ2) is 8.79. The Morgan fingerprint density at radius 3 is 2.32 bits per heavy atom. The molecule has 0 aromatic heterocycles. The molecule has 1 fully saturated rings. The molecule has 1 heterocycles. The van der Waals surface area contributed by atoms with Gasteiger partial charge in [0, 0.05) is 24.2 Å². The lowest BCUT2D eigenvalue weighted by atomic mass is 9.97. The van der Waals surface area contributed by atoms with Crippen LogP contribution < -0.4 is 15.4 Å². The van der Waals surface area contributed by atoms with Gasteiger partial charge in [-0.3, -0.25) is 9.69 Å². The molecule has 3 amide bonds. The van der Waals surface area contributed by atoms with Gasteiger partial charge in [-0.15, -0.1) is 0 Å². The van der Waals surface area contributed by atoms with Crippen molar-refractivity contribution in [3.63, 3.8) is 0 Å². The Morgan fingerprint density at radius 2 is 1.75 bits per heavy atom. The molecular formula is C20H22F2N3O3+. The van der Waals surface area contributed by atoms with Crippen molar-refractivity contribution in [2.45, 2.75) is 25.6 Å². The van der Waals surface area contributed by atoms with E-state index in [2.05, 4.69) is 10.1 Å². The van der Waals surface area contributed by atoms with Crippen molar-refractivity contribution in [2.24, 2.45) is 0 Å². The quantitative estimate of drug-likeness (QED) is 0.758. The van der Waals surface area contributed by atoms with Crippen LogP contribution in [0.3, 0.4) is 0 Å². The zero-order valence-corrected chi connectivity index (χ0v) is 15.3. The molecule has 2 aromatic carbocycles. The Labute approximate surface area is 161 Å². The number of nitrogens with two attached hydrogens (primary N) is 1. The van der Waals surface area contributed by atoms with E-state index >= 15 is 0 Å². The highest BCUT2D eigenvalue weighted by molar-refractivity contribution is 5.97. The van der Waals surface area contributed by atoms with E-state index in [0.29, 0.717) is 13.1 Å². The average molecular weight is 390 g/mol. The highest BCUT2D eigenvalue weighted by Crippen LogP contribution is 2.22. The summed E-state index contributed by atoms with van der Waals surface area (Å²) in [5.74, 6) is -0.197. The molecule has 0 saturated carbocycles. The number of nitrogens with one attached hydrogen (secondary N) is 1. The van der Waals surface area contributed by atoms with Crippen LogP contribution in [0, 0.1) is 0 Å². The minimum absolute atomic E-state index is 0.0726. The van der Waals surface area contributed by atoms with Gasteiger partial charge in [0.25, 0.3) is 5.91 Å². The Hall–Kier alpha value is -3.00. The molecule has 6 nitrogen and oxygen atoms in total. The van der Waals surface area contributed by atoms with Gasteiger partial charge in [-0.25, -0.2) is 4.79 Å². The van der Waals surface area contributed by atoms with Crippen LogP contribution in [0.5, 0.6) is 5.75 Å². The smallest absolute Gasteiger partial charge is 0.387 e. The third-order valence-electron chi connectivity index (χ3n) is 4.62. The fraction of sp³-hybridized carbons (Fsp3) is 0.300. The number of hydrogen-bond donors (Lipinski definition) is 2. The lowest BCUT2D eigenvalue weighted by Crippen LogP contribution is -2.92. The van der Waals surface area contributed by atoms with Gasteiger partial charge >= 0.3 is 12.6 Å². The molecule has 1 aliphatic rings. The molecule has 1 aliphatic heterocycles. The van der Waals surface area contributed by atoms with Crippen LogP contribution in [0.25, 0.3) is 0 Å². The van der Waals surface area contributed by atoms with Crippen LogP contribution in [0.15, 0.2) is 54.6 Å². The van der Waals surface area contributed by atoms with E-state index in [1.165, 1.54) is 17.0 Å². The number of amides is 3. The maximum Gasteiger partial charge on any atom is 0.387 e.